The number of rotatable bonds is 5. The molecule has 0 aliphatic rings. The van der Waals surface area contributed by atoms with Gasteiger partial charge in [0.15, 0.2) is 15.4 Å². The molecule has 0 fully saturated rings. The normalized spacial score (nSPS) is 12.9. The maximum absolute atomic E-state index is 11.6. The fraction of sp³-hybridized carbons (Fsp3) is 0.250. The summed E-state index contributed by atoms with van der Waals surface area (Å²) < 4.78 is 27.9. The second-order valence-electron chi connectivity index (χ2n) is 5.95. The van der Waals surface area contributed by atoms with E-state index in [0.29, 0.717) is 11.2 Å². The number of aromatic nitrogens is 2. The van der Waals surface area contributed by atoms with Gasteiger partial charge in [0.2, 0.25) is 5.52 Å². The molecule has 3 aromatic rings. The zero-order valence-electron chi connectivity index (χ0n) is 14.3. The number of sulfone groups is 1. The predicted octanol–water partition coefficient (Wildman–Crippen LogP) is 2.73. The van der Waals surface area contributed by atoms with Crippen LogP contribution in [0.1, 0.15) is 18.5 Å². The summed E-state index contributed by atoms with van der Waals surface area (Å²) in [6.45, 7) is 1.93. The van der Waals surface area contributed by atoms with Gasteiger partial charge in [-0.25, -0.2) is 13.0 Å². The first-order chi connectivity index (χ1) is 12.2. The van der Waals surface area contributed by atoms with Crippen molar-refractivity contribution < 1.29 is 18.0 Å². The van der Waals surface area contributed by atoms with Crippen LogP contribution in [0.15, 0.2) is 45.9 Å². The molecule has 1 heterocycles. The van der Waals surface area contributed by atoms with E-state index in [0.717, 1.165) is 11.8 Å². The van der Waals surface area contributed by atoms with Crippen LogP contribution in [0.2, 0.25) is 0 Å². The Hall–Kier alpha value is -3.01. The lowest BCUT2D eigenvalue weighted by Crippen LogP contribution is -2.22. The zero-order valence-corrected chi connectivity index (χ0v) is 15.1. The first-order valence-corrected chi connectivity index (χ1v) is 9.52. The van der Waals surface area contributed by atoms with Gasteiger partial charge < -0.3 is 4.90 Å². The maximum Gasteiger partial charge on any atom is 0.300 e. The van der Waals surface area contributed by atoms with E-state index in [1.54, 1.807) is 30.3 Å². The van der Waals surface area contributed by atoms with Crippen LogP contribution in [0.5, 0.6) is 0 Å². The van der Waals surface area contributed by atoms with Crippen molar-refractivity contribution in [3.63, 3.8) is 0 Å². The van der Waals surface area contributed by atoms with E-state index in [-0.39, 0.29) is 22.1 Å². The molecule has 26 heavy (non-hydrogen) atoms. The van der Waals surface area contributed by atoms with Crippen molar-refractivity contribution in [1.29, 1.82) is 0 Å². The fourth-order valence-corrected chi connectivity index (χ4v) is 3.33. The molecule has 1 aromatic heterocycles. The van der Waals surface area contributed by atoms with Crippen molar-refractivity contribution in [2.24, 2.45) is 0 Å². The number of hydrogen-bond donors (Lipinski definition) is 0. The number of hydrogen-bond acceptors (Lipinski definition) is 8. The highest BCUT2D eigenvalue weighted by Crippen LogP contribution is 2.34. The predicted molar refractivity (Wildman–Crippen MR) is 94.8 cm³/mol. The van der Waals surface area contributed by atoms with Crippen molar-refractivity contribution in [1.82, 2.24) is 10.3 Å². The summed E-state index contributed by atoms with van der Waals surface area (Å²) in [5, 5.41) is 18.5. The van der Waals surface area contributed by atoms with E-state index < -0.39 is 14.8 Å². The number of anilines is 1. The van der Waals surface area contributed by atoms with Crippen LogP contribution in [-0.4, -0.2) is 37.0 Å². The van der Waals surface area contributed by atoms with Gasteiger partial charge in [-0.05, 0) is 41.0 Å². The molecule has 0 aliphatic heterocycles. The van der Waals surface area contributed by atoms with Gasteiger partial charge in [-0.3, -0.25) is 10.1 Å². The van der Waals surface area contributed by atoms with E-state index in [2.05, 4.69) is 14.9 Å². The zero-order chi connectivity index (χ0) is 19.1. The Kier molecular flexibility index (Phi) is 4.36. The summed E-state index contributed by atoms with van der Waals surface area (Å²) in [7, 11) is -1.45. The van der Waals surface area contributed by atoms with Gasteiger partial charge in [0, 0.05) is 19.4 Å². The van der Waals surface area contributed by atoms with E-state index in [4.69, 9.17) is 0 Å². The highest BCUT2D eigenvalue weighted by molar-refractivity contribution is 7.90. The van der Waals surface area contributed by atoms with Gasteiger partial charge in [0.25, 0.3) is 0 Å². The van der Waals surface area contributed by atoms with Crippen LogP contribution >= 0.6 is 0 Å². The molecular weight excluding hydrogens is 360 g/mol. The molecule has 0 amide bonds. The SMILES string of the molecule is CC(c1ccc(S(C)(=O)=O)cc1)N(C)c1ccc([N+](=O)[O-])c2nonc12. The molecule has 0 saturated heterocycles. The molecule has 1 unspecified atom stereocenters. The number of nitro groups is 1. The molecule has 0 bridgehead atoms. The minimum absolute atomic E-state index is 0.0824. The lowest BCUT2D eigenvalue weighted by molar-refractivity contribution is -0.383. The average Bonchev–Trinajstić information content (AvgIpc) is 3.08. The van der Waals surface area contributed by atoms with Gasteiger partial charge in [-0.2, -0.15) is 0 Å². The first-order valence-electron chi connectivity index (χ1n) is 7.62. The maximum atomic E-state index is 11.6. The summed E-state index contributed by atoms with van der Waals surface area (Å²) in [6, 6.07) is 9.38. The van der Waals surface area contributed by atoms with Crippen LogP contribution in [0, 0.1) is 10.1 Å². The number of non-ortho nitro benzene ring substituents is 1. The average molecular weight is 376 g/mol. The van der Waals surface area contributed by atoms with Crippen molar-refractivity contribution in [3.8, 4) is 0 Å². The monoisotopic (exact) mass is 376 g/mol. The highest BCUT2D eigenvalue weighted by Gasteiger charge is 2.23. The Morgan fingerprint density at radius 2 is 1.73 bits per heavy atom. The van der Waals surface area contributed by atoms with E-state index in [1.807, 2.05) is 18.9 Å². The summed E-state index contributed by atoms with van der Waals surface area (Å²) in [4.78, 5) is 12.7. The lowest BCUT2D eigenvalue weighted by Gasteiger charge is -2.27. The molecule has 1 atom stereocenters. The standard InChI is InChI=1S/C16H16N4O5S/c1-10(11-4-6-12(7-5-11)26(3,23)24)19(2)13-8-9-14(20(21)22)16-15(13)17-25-18-16/h4-10H,1-3H3. The largest absolute Gasteiger partial charge is 0.366 e. The molecule has 136 valence electrons. The number of nitrogens with zero attached hydrogens (tertiary/aromatic N) is 4. The highest BCUT2D eigenvalue weighted by atomic mass is 32.2. The van der Waals surface area contributed by atoms with Crippen LogP contribution in [0.4, 0.5) is 11.4 Å². The number of fused-ring (bicyclic) bond motifs is 1. The third kappa shape index (κ3) is 3.10. The second kappa shape index (κ2) is 6.37. The van der Waals surface area contributed by atoms with Gasteiger partial charge >= 0.3 is 5.69 Å². The van der Waals surface area contributed by atoms with Crippen LogP contribution < -0.4 is 4.90 Å². The van der Waals surface area contributed by atoms with Crippen LogP contribution in [0.3, 0.4) is 0 Å². The van der Waals surface area contributed by atoms with Gasteiger partial charge in [-0.15, -0.1) is 0 Å². The molecule has 0 radical (unpaired) electrons. The molecule has 0 spiro atoms. The fourth-order valence-electron chi connectivity index (χ4n) is 2.70. The topological polar surface area (TPSA) is 119 Å². The molecule has 0 saturated carbocycles. The van der Waals surface area contributed by atoms with Crippen molar-refractivity contribution in [2.45, 2.75) is 17.9 Å². The molecule has 10 heteroatoms. The third-order valence-electron chi connectivity index (χ3n) is 4.32. The van der Waals surface area contributed by atoms with E-state index in [9.17, 15) is 18.5 Å². The Bertz CT molecular complexity index is 1080. The van der Waals surface area contributed by atoms with Crippen LogP contribution in [0.25, 0.3) is 11.0 Å². The molecular formula is C16H16N4O5S. The molecule has 3 rings (SSSR count). The minimum atomic E-state index is -3.26. The Morgan fingerprint density at radius 3 is 2.31 bits per heavy atom. The first kappa shape index (κ1) is 17.8. The van der Waals surface area contributed by atoms with E-state index >= 15 is 0 Å². The summed E-state index contributed by atoms with van der Waals surface area (Å²) in [5.74, 6) is 0. The quantitative estimate of drug-likeness (QED) is 0.492. The Labute approximate surface area is 149 Å². The molecule has 0 aliphatic carbocycles. The van der Waals surface area contributed by atoms with Gasteiger partial charge in [0.05, 0.1) is 21.5 Å². The number of benzene rings is 2. The molecule has 9 nitrogen and oxygen atoms in total. The van der Waals surface area contributed by atoms with Crippen molar-refractivity contribution in [2.75, 3.05) is 18.2 Å². The van der Waals surface area contributed by atoms with Crippen molar-refractivity contribution >= 4 is 32.2 Å². The smallest absolute Gasteiger partial charge is 0.300 e. The third-order valence-corrected chi connectivity index (χ3v) is 5.45. The second-order valence-corrected chi connectivity index (χ2v) is 7.97. The van der Waals surface area contributed by atoms with E-state index in [1.165, 1.54) is 6.07 Å². The number of nitro benzene ring substituents is 1. The Balaban J connectivity index is 1.98. The van der Waals surface area contributed by atoms with Crippen LogP contribution in [-0.2, 0) is 9.84 Å². The lowest BCUT2D eigenvalue weighted by atomic mass is 10.1. The molecule has 0 N–H and O–H groups in total. The Morgan fingerprint density at radius 1 is 1.12 bits per heavy atom. The summed E-state index contributed by atoms with van der Waals surface area (Å²) in [5.41, 5.74) is 1.69. The summed E-state index contributed by atoms with van der Waals surface area (Å²) >= 11 is 0. The van der Waals surface area contributed by atoms with Gasteiger partial charge in [-0.1, -0.05) is 12.1 Å². The summed E-state index contributed by atoms with van der Waals surface area (Å²) in [6.07, 6.45) is 1.16. The van der Waals surface area contributed by atoms with Gasteiger partial charge in [0.1, 0.15) is 0 Å². The van der Waals surface area contributed by atoms with Crippen molar-refractivity contribution in [3.05, 3.63) is 52.1 Å². The minimum Gasteiger partial charge on any atom is -0.366 e. The molecule has 2 aromatic carbocycles.